The maximum Gasteiger partial charge on any atom is 0.509 e. The van der Waals surface area contributed by atoms with Gasteiger partial charge in [-0.25, -0.2) is 9.78 Å². The van der Waals surface area contributed by atoms with Crippen LogP contribution in [0.15, 0.2) is 16.7 Å². The van der Waals surface area contributed by atoms with Crippen LogP contribution in [0, 0.1) is 0 Å². The van der Waals surface area contributed by atoms with Gasteiger partial charge in [0.15, 0.2) is 5.82 Å². The molecule has 1 amide bonds. The first kappa shape index (κ1) is 16.5. The number of hydrogen-bond acceptors (Lipinski definition) is 6. The quantitative estimate of drug-likeness (QED) is 0.737. The molecule has 0 radical (unpaired) electrons. The van der Waals surface area contributed by atoms with Crippen molar-refractivity contribution in [1.82, 2.24) is 4.98 Å². The van der Waals surface area contributed by atoms with Crippen molar-refractivity contribution in [1.29, 1.82) is 0 Å². The Kier molecular flexibility index (Phi) is 4.60. The van der Waals surface area contributed by atoms with Gasteiger partial charge < -0.3 is 20.1 Å². The number of nitrogens with one attached hydrogen (secondary N) is 2. The molecule has 0 saturated heterocycles. The Morgan fingerprint density at radius 3 is 2.73 bits per heavy atom. The topological polar surface area (TPSA) is 89.5 Å². The molecule has 1 aromatic rings. The van der Waals surface area contributed by atoms with Crippen molar-refractivity contribution in [3.63, 3.8) is 0 Å². The molecule has 1 aliphatic rings. The van der Waals surface area contributed by atoms with Crippen LogP contribution in [0.5, 0.6) is 0 Å². The third kappa shape index (κ3) is 4.09. The van der Waals surface area contributed by atoms with Gasteiger partial charge in [0.2, 0.25) is 6.10 Å². The van der Waals surface area contributed by atoms with E-state index in [1.807, 2.05) is 0 Å². The van der Waals surface area contributed by atoms with Crippen molar-refractivity contribution in [3.05, 3.63) is 16.7 Å². The van der Waals surface area contributed by atoms with Crippen molar-refractivity contribution >= 4 is 39.5 Å². The molecule has 0 aliphatic carbocycles. The van der Waals surface area contributed by atoms with Crippen LogP contribution >= 0.6 is 15.9 Å². The number of halogens is 1. The molecule has 2 N–H and O–H groups in total. The normalized spacial score (nSPS) is 21.0. The van der Waals surface area contributed by atoms with Crippen molar-refractivity contribution in [2.75, 3.05) is 10.6 Å². The molecule has 0 spiro atoms. The summed E-state index contributed by atoms with van der Waals surface area (Å²) in [6, 6.07) is 1.35. The average Bonchev–Trinajstić information content (AvgIpc) is 2.46. The molecule has 0 unspecified atom stereocenters. The molecule has 8 heteroatoms. The molecular weight excluding hydrogens is 354 g/mol. The Morgan fingerprint density at radius 1 is 1.41 bits per heavy atom. The molecule has 1 aliphatic heterocycles. The molecular formula is C14H18BrN3O4. The molecule has 0 fully saturated rings. The molecule has 7 nitrogen and oxygen atoms in total. The second kappa shape index (κ2) is 6.12. The number of carbonyl (C=O) groups is 2. The van der Waals surface area contributed by atoms with Gasteiger partial charge in [0, 0.05) is 10.7 Å². The number of hydrogen-bond donors (Lipinski definition) is 2. The van der Waals surface area contributed by atoms with Gasteiger partial charge in [-0.1, -0.05) is 0 Å². The van der Waals surface area contributed by atoms with Gasteiger partial charge in [0.05, 0.1) is 11.7 Å². The summed E-state index contributed by atoms with van der Waals surface area (Å²) in [6.45, 7) is 6.91. The molecule has 22 heavy (non-hydrogen) atoms. The predicted octanol–water partition coefficient (Wildman–Crippen LogP) is 2.92. The SMILES string of the molecule is C[C@H]1Nc2cc(Br)cnc2NC(=O)[C@H]1OC(=O)OC(C)(C)C. The minimum Gasteiger partial charge on any atom is -0.429 e. The number of fused-ring (bicyclic) bond motifs is 1. The van der Waals surface area contributed by atoms with E-state index < -0.39 is 29.8 Å². The first-order chi connectivity index (χ1) is 10.2. The third-order valence-corrected chi connectivity index (χ3v) is 3.24. The standard InChI is InChI=1S/C14H18BrN3O4/c1-7-10(21-13(20)22-14(2,3)4)12(19)18-11-9(17-7)5-8(15)6-16-11/h5-7,10,17H,1-4H3,(H,16,18,19)/t7-,10+/m1/s1. The highest BCUT2D eigenvalue weighted by Crippen LogP contribution is 2.27. The Morgan fingerprint density at radius 2 is 2.09 bits per heavy atom. The molecule has 0 aromatic carbocycles. The molecule has 0 saturated carbocycles. The van der Waals surface area contributed by atoms with Gasteiger partial charge in [-0.15, -0.1) is 0 Å². The number of pyridine rings is 1. The molecule has 2 heterocycles. The van der Waals surface area contributed by atoms with E-state index in [4.69, 9.17) is 9.47 Å². The molecule has 2 rings (SSSR count). The fraction of sp³-hybridized carbons (Fsp3) is 0.500. The highest BCUT2D eigenvalue weighted by molar-refractivity contribution is 9.10. The maximum absolute atomic E-state index is 12.2. The second-order valence-electron chi connectivity index (χ2n) is 5.97. The van der Waals surface area contributed by atoms with E-state index in [1.54, 1.807) is 40.0 Å². The molecule has 120 valence electrons. The highest BCUT2D eigenvalue weighted by atomic mass is 79.9. The fourth-order valence-electron chi connectivity index (χ4n) is 1.92. The number of aromatic nitrogens is 1. The lowest BCUT2D eigenvalue weighted by Crippen LogP contribution is -2.43. The van der Waals surface area contributed by atoms with Crippen molar-refractivity contribution in [3.8, 4) is 0 Å². The van der Waals surface area contributed by atoms with Gasteiger partial charge in [0.1, 0.15) is 5.60 Å². The first-order valence-electron chi connectivity index (χ1n) is 6.78. The number of nitrogens with zero attached hydrogens (tertiary/aromatic N) is 1. The van der Waals surface area contributed by atoms with Crippen LogP contribution in [0.2, 0.25) is 0 Å². The maximum atomic E-state index is 12.2. The number of ether oxygens (including phenoxy) is 2. The lowest BCUT2D eigenvalue weighted by Gasteiger charge is -2.24. The minimum absolute atomic E-state index is 0.385. The summed E-state index contributed by atoms with van der Waals surface area (Å²) >= 11 is 3.32. The van der Waals surface area contributed by atoms with Crippen LogP contribution in [-0.4, -0.2) is 34.8 Å². The van der Waals surface area contributed by atoms with E-state index in [0.29, 0.717) is 11.5 Å². The summed E-state index contributed by atoms with van der Waals surface area (Å²) in [7, 11) is 0. The fourth-order valence-corrected chi connectivity index (χ4v) is 2.25. The number of carbonyl (C=O) groups excluding carboxylic acids is 2. The van der Waals surface area contributed by atoms with E-state index >= 15 is 0 Å². The van der Waals surface area contributed by atoms with E-state index in [2.05, 4.69) is 31.5 Å². The van der Waals surface area contributed by atoms with Crippen molar-refractivity contribution < 1.29 is 19.1 Å². The number of anilines is 2. The summed E-state index contributed by atoms with van der Waals surface area (Å²) in [5.41, 5.74) is -0.0461. The van der Waals surface area contributed by atoms with Crippen LogP contribution in [0.4, 0.5) is 16.3 Å². The van der Waals surface area contributed by atoms with Gasteiger partial charge in [0.25, 0.3) is 5.91 Å². The zero-order valence-corrected chi connectivity index (χ0v) is 14.4. The molecule has 0 bridgehead atoms. The second-order valence-corrected chi connectivity index (χ2v) is 6.89. The van der Waals surface area contributed by atoms with Gasteiger partial charge >= 0.3 is 6.16 Å². The van der Waals surface area contributed by atoms with E-state index in [0.717, 1.165) is 4.47 Å². The smallest absolute Gasteiger partial charge is 0.429 e. The summed E-state index contributed by atoms with van der Waals surface area (Å²) < 4.78 is 11.0. The monoisotopic (exact) mass is 371 g/mol. The van der Waals surface area contributed by atoms with E-state index in [-0.39, 0.29) is 0 Å². The first-order valence-corrected chi connectivity index (χ1v) is 7.57. The van der Waals surface area contributed by atoms with Crippen LogP contribution in [0.3, 0.4) is 0 Å². The van der Waals surface area contributed by atoms with Gasteiger partial charge in [-0.2, -0.15) is 0 Å². The Labute approximate surface area is 136 Å². The van der Waals surface area contributed by atoms with Crippen LogP contribution in [-0.2, 0) is 14.3 Å². The third-order valence-electron chi connectivity index (χ3n) is 2.80. The molecule has 1 aromatic heterocycles. The summed E-state index contributed by atoms with van der Waals surface area (Å²) in [4.78, 5) is 28.1. The zero-order chi connectivity index (χ0) is 16.5. The Bertz CT molecular complexity index is 600. The highest BCUT2D eigenvalue weighted by Gasteiger charge is 2.34. The summed E-state index contributed by atoms with van der Waals surface area (Å²) in [6.07, 6.45) is -0.343. The van der Waals surface area contributed by atoms with E-state index in [9.17, 15) is 9.59 Å². The lowest BCUT2D eigenvalue weighted by molar-refractivity contribution is -0.127. The van der Waals surface area contributed by atoms with Gasteiger partial charge in [-0.3, -0.25) is 4.79 Å². The number of amides is 1. The predicted molar refractivity (Wildman–Crippen MR) is 84.8 cm³/mol. The zero-order valence-electron chi connectivity index (χ0n) is 12.8. The summed E-state index contributed by atoms with van der Waals surface area (Å²) in [5, 5.41) is 5.74. The molecule has 2 atom stereocenters. The lowest BCUT2D eigenvalue weighted by atomic mass is 10.2. The average molecular weight is 372 g/mol. The van der Waals surface area contributed by atoms with E-state index in [1.165, 1.54) is 0 Å². The summed E-state index contributed by atoms with van der Waals surface area (Å²) in [5.74, 6) is -0.0743. The Hall–Kier alpha value is -1.83. The van der Waals surface area contributed by atoms with Gasteiger partial charge in [-0.05, 0) is 49.7 Å². The van der Waals surface area contributed by atoms with Crippen LogP contribution in [0.1, 0.15) is 27.7 Å². The van der Waals surface area contributed by atoms with Crippen LogP contribution < -0.4 is 10.6 Å². The number of rotatable bonds is 1. The Balaban J connectivity index is 2.15. The van der Waals surface area contributed by atoms with Crippen molar-refractivity contribution in [2.45, 2.75) is 45.4 Å². The minimum atomic E-state index is -1.03. The van der Waals surface area contributed by atoms with Crippen LogP contribution in [0.25, 0.3) is 0 Å². The largest absolute Gasteiger partial charge is 0.509 e. The van der Waals surface area contributed by atoms with Crippen molar-refractivity contribution in [2.24, 2.45) is 0 Å².